The van der Waals surface area contributed by atoms with Gasteiger partial charge >= 0.3 is 5.97 Å². The molecule has 4 aromatic rings. The molecule has 1 unspecified atom stereocenters. The third-order valence-electron chi connectivity index (χ3n) is 6.60. The number of pyridine rings is 1. The average Bonchev–Trinajstić information content (AvgIpc) is 3.42. The smallest absolute Gasteiger partial charge is 0.304 e. The molecule has 1 N–H and O–H groups in total. The van der Waals surface area contributed by atoms with Crippen LogP contribution in [0, 0.1) is 5.92 Å². The van der Waals surface area contributed by atoms with Crippen molar-refractivity contribution in [1.82, 2.24) is 9.97 Å². The largest absolute Gasteiger partial charge is 0.488 e. The van der Waals surface area contributed by atoms with Crippen molar-refractivity contribution in [2.75, 3.05) is 37.0 Å². The fourth-order valence-electron chi connectivity index (χ4n) is 4.60. The number of carbonyl (C=O) groups is 2. The molecule has 0 spiro atoms. The zero-order valence-electron chi connectivity index (χ0n) is 21.2. The number of ether oxygens (including phenoxy) is 1. The van der Waals surface area contributed by atoms with Crippen LogP contribution in [0.3, 0.4) is 0 Å². The first-order chi connectivity index (χ1) is 18.4. The van der Waals surface area contributed by atoms with Crippen LogP contribution in [-0.4, -0.2) is 54.2 Å². The van der Waals surface area contributed by atoms with E-state index in [-0.39, 0.29) is 12.3 Å². The van der Waals surface area contributed by atoms with Gasteiger partial charge in [-0.2, -0.15) is 0 Å². The van der Waals surface area contributed by atoms with E-state index in [9.17, 15) is 14.7 Å². The number of carboxylic acid groups (broad SMARTS) is 1. The topological polar surface area (TPSA) is 95.9 Å². The zero-order chi connectivity index (χ0) is 26.6. The zero-order valence-corrected chi connectivity index (χ0v) is 22.0. The van der Waals surface area contributed by atoms with Crippen LogP contribution in [0.2, 0.25) is 0 Å². The quantitative estimate of drug-likeness (QED) is 0.344. The Morgan fingerprint density at radius 3 is 2.63 bits per heavy atom. The summed E-state index contributed by atoms with van der Waals surface area (Å²) in [6.45, 7) is 1.40. The van der Waals surface area contributed by atoms with Crippen LogP contribution in [0.1, 0.15) is 12.0 Å². The summed E-state index contributed by atoms with van der Waals surface area (Å²) in [4.78, 5) is 37.9. The summed E-state index contributed by atoms with van der Waals surface area (Å²) < 4.78 is 5.85. The van der Waals surface area contributed by atoms with Crippen molar-refractivity contribution in [1.29, 1.82) is 0 Å². The van der Waals surface area contributed by atoms with E-state index in [4.69, 9.17) is 9.72 Å². The molecule has 38 heavy (non-hydrogen) atoms. The van der Waals surface area contributed by atoms with Crippen molar-refractivity contribution in [3.63, 3.8) is 0 Å². The first-order valence-electron chi connectivity index (χ1n) is 12.3. The number of rotatable bonds is 8. The molecule has 1 aliphatic rings. The molecule has 1 amide bonds. The number of hydrogen-bond acceptors (Lipinski definition) is 7. The number of amides is 1. The molecule has 0 saturated heterocycles. The molecule has 9 heteroatoms. The average molecular weight is 529 g/mol. The summed E-state index contributed by atoms with van der Waals surface area (Å²) in [6, 6.07) is 19.4. The van der Waals surface area contributed by atoms with Crippen molar-refractivity contribution in [2.45, 2.75) is 12.8 Å². The number of benzene rings is 2. The van der Waals surface area contributed by atoms with Crippen LogP contribution in [0.15, 0.2) is 72.2 Å². The van der Waals surface area contributed by atoms with E-state index in [1.165, 1.54) is 16.2 Å². The molecule has 194 valence electrons. The highest BCUT2D eigenvalue weighted by Gasteiger charge is 2.27. The molecule has 0 bridgehead atoms. The lowest BCUT2D eigenvalue weighted by molar-refractivity contribution is -0.140. The van der Waals surface area contributed by atoms with Crippen molar-refractivity contribution < 1.29 is 19.4 Å². The molecule has 5 rings (SSSR count). The molecule has 0 saturated carbocycles. The highest BCUT2D eigenvalue weighted by molar-refractivity contribution is 7.14. The number of aliphatic carboxylic acids is 1. The lowest BCUT2D eigenvalue weighted by Gasteiger charge is -2.26. The second-order valence-electron chi connectivity index (χ2n) is 9.26. The first-order valence-corrected chi connectivity index (χ1v) is 13.2. The van der Waals surface area contributed by atoms with E-state index in [0.29, 0.717) is 18.2 Å². The molecule has 3 heterocycles. The minimum atomic E-state index is -1.00. The van der Waals surface area contributed by atoms with Gasteiger partial charge in [0.2, 0.25) is 5.91 Å². The van der Waals surface area contributed by atoms with E-state index >= 15 is 0 Å². The van der Waals surface area contributed by atoms with E-state index < -0.39 is 11.9 Å². The van der Waals surface area contributed by atoms with Gasteiger partial charge in [0, 0.05) is 36.8 Å². The summed E-state index contributed by atoms with van der Waals surface area (Å²) >= 11 is 1.35. The summed E-state index contributed by atoms with van der Waals surface area (Å²) in [6.07, 6.45) is 1.94. The number of fused-ring (bicyclic) bond motifs is 1. The van der Waals surface area contributed by atoms with Gasteiger partial charge in [0.1, 0.15) is 6.61 Å². The van der Waals surface area contributed by atoms with E-state index in [1.54, 1.807) is 7.05 Å². The molecule has 1 aliphatic heterocycles. The summed E-state index contributed by atoms with van der Waals surface area (Å²) in [7, 11) is 3.65. The second-order valence-corrected chi connectivity index (χ2v) is 10.1. The Balaban J connectivity index is 1.41. The summed E-state index contributed by atoms with van der Waals surface area (Å²) in [5.41, 5.74) is 4.43. The van der Waals surface area contributed by atoms with Gasteiger partial charge in [-0.1, -0.05) is 54.6 Å². The Kier molecular flexibility index (Phi) is 7.37. The number of anilines is 2. The van der Waals surface area contributed by atoms with Crippen LogP contribution < -0.4 is 14.5 Å². The van der Waals surface area contributed by atoms with Gasteiger partial charge in [-0.25, -0.2) is 9.97 Å². The van der Waals surface area contributed by atoms with Crippen LogP contribution in [-0.2, 0) is 16.0 Å². The number of likely N-dealkylation sites (N-methyl/N-ethyl adjacent to an activating group) is 1. The minimum absolute atomic E-state index is 0.248. The molecule has 0 radical (unpaired) electrons. The second kappa shape index (κ2) is 11.0. The predicted octanol–water partition coefficient (Wildman–Crippen LogP) is 5.00. The molecule has 0 fully saturated rings. The maximum atomic E-state index is 13.4. The van der Waals surface area contributed by atoms with E-state index in [1.807, 2.05) is 79.3 Å². The minimum Gasteiger partial charge on any atom is -0.488 e. The molecule has 2 aromatic carbocycles. The number of carbonyl (C=O) groups excluding carboxylic acids is 1. The van der Waals surface area contributed by atoms with Crippen molar-refractivity contribution in [3.8, 4) is 28.1 Å². The fraction of sp³-hybridized carbons (Fsp3) is 0.241. The van der Waals surface area contributed by atoms with E-state index in [0.717, 1.165) is 46.1 Å². The van der Waals surface area contributed by atoms with Gasteiger partial charge in [0.15, 0.2) is 16.7 Å². The monoisotopic (exact) mass is 528 g/mol. The lowest BCUT2D eigenvalue weighted by Crippen LogP contribution is -2.35. The van der Waals surface area contributed by atoms with Gasteiger partial charge in [-0.3, -0.25) is 14.5 Å². The summed E-state index contributed by atoms with van der Waals surface area (Å²) in [5.74, 6) is -0.404. The first kappa shape index (κ1) is 25.4. The molecule has 1 atom stereocenters. The maximum absolute atomic E-state index is 13.4. The van der Waals surface area contributed by atoms with E-state index in [2.05, 4.69) is 9.88 Å². The number of thiazole rings is 1. The molecular weight excluding hydrogens is 500 g/mol. The van der Waals surface area contributed by atoms with Crippen molar-refractivity contribution >= 4 is 34.2 Å². The Morgan fingerprint density at radius 2 is 1.87 bits per heavy atom. The fourth-order valence-corrected chi connectivity index (χ4v) is 5.40. The highest BCUT2D eigenvalue weighted by atomic mass is 32.1. The summed E-state index contributed by atoms with van der Waals surface area (Å²) in [5, 5.41) is 11.9. The normalized spacial score (nSPS) is 13.4. The number of hydrogen-bond donors (Lipinski definition) is 1. The van der Waals surface area contributed by atoms with Gasteiger partial charge in [0.25, 0.3) is 0 Å². The highest BCUT2D eigenvalue weighted by Crippen LogP contribution is 2.38. The number of carboxylic acids is 1. The van der Waals surface area contributed by atoms with Crippen LogP contribution >= 0.6 is 11.3 Å². The van der Waals surface area contributed by atoms with Gasteiger partial charge in [-0.05, 0) is 23.6 Å². The molecule has 2 aromatic heterocycles. The SMILES string of the molecule is CN1CCOc2cc(-c3ccccc3-c3csc(N(C)C(=O)C(CC(=O)O)Cc4ccccc4)n3)cnc21. The van der Waals surface area contributed by atoms with Crippen molar-refractivity contribution in [2.24, 2.45) is 5.92 Å². The third-order valence-corrected chi connectivity index (χ3v) is 7.51. The van der Waals surface area contributed by atoms with Crippen LogP contribution in [0.5, 0.6) is 5.75 Å². The Bertz CT molecular complexity index is 1460. The Labute approximate surface area is 225 Å². The number of aromatic nitrogens is 2. The van der Waals surface area contributed by atoms with Crippen molar-refractivity contribution in [3.05, 3.63) is 77.8 Å². The standard InChI is InChI=1S/C29H28N4O4S/c1-32-12-13-37-25-15-21(17-30-27(25)32)22-10-6-7-11-23(22)24-18-38-29(31-24)33(2)28(36)20(16-26(34)35)14-19-8-4-3-5-9-19/h3-11,15,17-18,20H,12-14,16H2,1-2H3,(H,34,35). The van der Waals surface area contributed by atoms with Crippen LogP contribution in [0.25, 0.3) is 22.4 Å². The molecular formula is C29H28N4O4S. The van der Waals surface area contributed by atoms with Gasteiger partial charge in [-0.15, -0.1) is 11.3 Å². The Hall–Kier alpha value is -4.24. The van der Waals surface area contributed by atoms with Gasteiger partial charge < -0.3 is 14.7 Å². The van der Waals surface area contributed by atoms with Crippen LogP contribution in [0.4, 0.5) is 10.9 Å². The molecule has 8 nitrogen and oxygen atoms in total. The predicted molar refractivity (Wildman–Crippen MR) is 149 cm³/mol. The molecule has 0 aliphatic carbocycles. The Morgan fingerprint density at radius 1 is 1.13 bits per heavy atom. The number of nitrogens with zero attached hydrogens (tertiary/aromatic N) is 4. The maximum Gasteiger partial charge on any atom is 0.304 e. The third kappa shape index (κ3) is 5.38. The van der Waals surface area contributed by atoms with Gasteiger partial charge in [0.05, 0.1) is 24.6 Å². The lowest BCUT2D eigenvalue weighted by atomic mass is 9.95.